The summed E-state index contributed by atoms with van der Waals surface area (Å²) in [5.41, 5.74) is 0.655. The van der Waals surface area contributed by atoms with Crippen LogP contribution >= 0.6 is 23.2 Å². The Morgan fingerprint density at radius 3 is 2.34 bits per heavy atom. The molecule has 2 amide bonds. The van der Waals surface area contributed by atoms with Crippen molar-refractivity contribution in [2.45, 2.75) is 52.1 Å². The van der Waals surface area contributed by atoms with Gasteiger partial charge in [0.25, 0.3) is 5.69 Å². The van der Waals surface area contributed by atoms with Crippen LogP contribution in [-0.2, 0) is 22.6 Å². The predicted molar refractivity (Wildman–Crippen MR) is 126 cm³/mol. The van der Waals surface area contributed by atoms with Crippen LogP contribution in [0.15, 0.2) is 42.5 Å². The summed E-state index contributed by atoms with van der Waals surface area (Å²) in [4.78, 5) is 38.6. The first-order valence-corrected chi connectivity index (χ1v) is 11.3. The van der Waals surface area contributed by atoms with Gasteiger partial charge in [0.2, 0.25) is 11.8 Å². The average molecular weight is 480 g/mol. The minimum absolute atomic E-state index is 0.0116. The van der Waals surface area contributed by atoms with Crippen LogP contribution in [-0.4, -0.2) is 34.2 Å². The number of halogens is 2. The second kappa shape index (κ2) is 12.4. The van der Waals surface area contributed by atoms with Gasteiger partial charge in [-0.25, -0.2) is 0 Å². The van der Waals surface area contributed by atoms with Gasteiger partial charge in [-0.05, 0) is 25.0 Å². The van der Waals surface area contributed by atoms with E-state index in [0.29, 0.717) is 28.6 Å². The molecule has 0 bridgehead atoms. The van der Waals surface area contributed by atoms with E-state index in [0.717, 1.165) is 12.8 Å². The van der Waals surface area contributed by atoms with Crippen molar-refractivity contribution in [2.75, 3.05) is 6.54 Å². The lowest BCUT2D eigenvalue weighted by Gasteiger charge is -2.31. The van der Waals surface area contributed by atoms with Crippen LogP contribution in [0.4, 0.5) is 5.69 Å². The molecule has 2 aromatic rings. The molecule has 0 spiro atoms. The molecule has 0 radical (unpaired) electrons. The Balaban J connectivity index is 2.39. The molecule has 1 N–H and O–H groups in total. The molecule has 2 rings (SSSR count). The van der Waals surface area contributed by atoms with Gasteiger partial charge in [-0.15, -0.1) is 0 Å². The number of hydrogen-bond donors (Lipinski definition) is 1. The van der Waals surface area contributed by atoms with Crippen molar-refractivity contribution in [1.82, 2.24) is 10.2 Å². The molecule has 0 aromatic heterocycles. The second-order valence-electron chi connectivity index (χ2n) is 7.35. The van der Waals surface area contributed by atoms with Crippen LogP contribution in [0.3, 0.4) is 0 Å². The maximum absolute atomic E-state index is 13.4. The number of hydrogen-bond acceptors (Lipinski definition) is 4. The van der Waals surface area contributed by atoms with Gasteiger partial charge in [0.15, 0.2) is 0 Å². The number of rotatable bonds is 11. The third-order valence-corrected chi connectivity index (χ3v) is 5.84. The molecule has 1 unspecified atom stereocenters. The van der Waals surface area contributed by atoms with Gasteiger partial charge in [-0.2, -0.15) is 0 Å². The van der Waals surface area contributed by atoms with E-state index in [1.165, 1.54) is 11.0 Å². The smallest absolute Gasteiger partial charge is 0.273 e. The molecule has 1 atom stereocenters. The topological polar surface area (TPSA) is 92.6 Å². The zero-order chi connectivity index (χ0) is 23.7. The minimum Gasteiger partial charge on any atom is -0.354 e. The quantitative estimate of drug-likeness (QED) is 0.273. The lowest BCUT2D eigenvalue weighted by molar-refractivity contribution is -0.385. The highest BCUT2D eigenvalue weighted by Gasteiger charge is 2.30. The molecule has 0 aliphatic carbocycles. The van der Waals surface area contributed by atoms with Crippen molar-refractivity contribution in [2.24, 2.45) is 0 Å². The summed E-state index contributed by atoms with van der Waals surface area (Å²) in [5, 5.41) is 15.0. The van der Waals surface area contributed by atoms with E-state index in [1.54, 1.807) is 36.4 Å². The number of amides is 2. The maximum atomic E-state index is 13.4. The fourth-order valence-electron chi connectivity index (χ4n) is 3.38. The largest absolute Gasteiger partial charge is 0.354 e. The predicted octanol–water partition coefficient (Wildman–Crippen LogP) is 5.17. The molecule has 0 heterocycles. The molecular formula is C23H27Cl2N3O4. The Bertz CT molecular complexity index is 948. The van der Waals surface area contributed by atoms with Crippen LogP contribution < -0.4 is 5.32 Å². The van der Waals surface area contributed by atoms with Gasteiger partial charge in [-0.3, -0.25) is 19.7 Å². The number of para-hydroxylation sites is 1. The zero-order valence-corrected chi connectivity index (χ0v) is 19.7. The second-order valence-corrected chi connectivity index (χ2v) is 8.17. The van der Waals surface area contributed by atoms with E-state index in [1.807, 2.05) is 13.8 Å². The fourth-order valence-corrected chi connectivity index (χ4v) is 3.90. The molecule has 0 fully saturated rings. The van der Waals surface area contributed by atoms with Crippen molar-refractivity contribution < 1.29 is 14.5 Å². The first-order valence-electron chi connectivity index (χ1n) is 10.5. The van der Waals surface area contributed by atoms with E-state index in [4.69, 9.17) is 23.2 Å². The number of nitrogens with zero attached hydrogens (tertiary/aromatic N) is 2. The number of carbonyl (C=O) groups excluding carboxylic acids is 2. The number of nitro benzene ring substituents is 1. The highest BCUT2D eigenvalue weighted by atomic mass is 35.5. The van der Waals surface area contributed by atoms with Crippen molar-refractivity contribution in [3.63, 3.8) is 0 Å². The first-order chi connectivity index (χ1) is 15.3. The van der Waals surface area contributed by atoms with Gasteiger partial charge < -0.3 is 10.2 Å². The molecule has 172 valence electrons. The number of carbonyl (C=O) groups is 2. The fraction of sp³-hybridized carbons (Fsp3) is 0.391. The lowest BCUT2D eigenvalue weighted by Crippen LogP contribution is -2.49. The summed E-state index contributed by atoms with van der Waals surface area (Å²) >= 11 is 12.6. The maximum Gasteiger partial charge on any atom is 0.273 e. The third kappa shape index (κ3) is 6.68. The summed E-state index contributed by atoms with van der Waals surface area (Å²) < 4.78 is 0. The highest BCUT2D eigenvalue weighted by Crippen LogP contribution is 2.28. The average Bonchev–Trinajstić information content (AvgIpc) is 2.76. The van der Waals surface area contributed by atoms with Crippen LogP contribution in [0.2, 0.25) is 10.0 Å². The van der Waals surface area contributed by atoms with E-state index in [9.17, 15) is 19.7 Å². The summed E-state index contributed by atoms with van der Waals surface area (Å²) in [7, 11) is 0. The molecule has 9 heteroatoms. The van der Waals surface area contributed by atoms with E-state index < -0.39 is 16.9 Å². The Labute approximate surface area is 197 Å². The molecule has 0 aliphatic heterocycles. The Kier molecular flexibility index (Phi) is 9.94. The normalized spacial score (nSPS) is 11.6. The monoisotopic (exact) mass is 479 g/mol. The molecule has 7 nitrogen and oxygen atoms in total. The van der Waals surface area contributed by atoms with Crippen LogP contribution in [0.25, 0.3) is 0 Å². The van der Waals surface area contributed by atoms with Gasteiger partial charge in [0.1, 0.15) is 6.04 Å². The Morgan fingerprint density at radius 2 is 1.75 bits per heavy atom. The van der Waals surface area contributed by atoms with Crippen LogP contribution in [0.5, 0.6) is 0 Å². The van der Waals surface area contributed by atoms with Gasteiger partial charge >= 0.3 is 0 Å². The summed E-state index contributed by atoms with van der Waals surface area (Å²) in [5.74, 6) is -0.701. The molecule has 0 aliphatic rings. The lowest BCUT2D eigenvalue weighted by atomic mass is 10.1. The number of nitrogens with one attached hydrogen (secondary N) is 1. The van der Waals surface area contributed by atoms with Crippen LogP contribution in [0.1, 0.15) is 44.2 Å². The van der Waals surface area contributed by atoms with Gasteiger partial charge in [-0.1, -0.05) is 67.7 Å². The standard InChI is InChI=1S/C23H27Cl2N3O4/c1-3-5-13-26-23(30)20(4-2)27(15-17-18(24)10-8-11-19(17)25)22(29)14-16-9-6-7-12-21(16)28(31)32/h6-12,20H,3-5,13-15H2,1-2H3,(H,26,30). The summed E-state index contributed by atoms with van der Waals surface area (Å²) in [6, 6.07) is 10.3. The van der Waals surface area contributed by atoms with E-state index >= 15 is 0 Å². The SMILES string of the molecule is CCCCNC(=O)C(CC)N(Cc1c(Cl)cccc1Cl)C(=O)Cc1ccccc1[N+](=O)[O-]. The number of nitro groups is 1. The molecule has 0 saturated carbocycles. The van der Waals surface area contributed by atoms with E-state index in [2.05, 4.69) is 5.32 Å². The van der Waals surface area contributed by atoms with Gasteiger partial charge in [0.05, 0.1) is 11.3 Å². The molecular weight excluding hydrogens is 453 g/mol. The van der Waals surface area contributed by atoms with Gasteiger partial charge in [0, 0.05) is 40.3 Å². The first kappa shape index (κ1) is 25.6. The third-order valence-electron chi connectivity index (χ3n) is 5.14. The minimum atomic E-state index is -0.769. The summed E-state index contributed by atoms with van der Waals surface area (Å²) in [6.07, 6.45) is 1.88. The molecule has 0 saturated heterocycles. The van der Waals surface area contributed by atoms with Crippen LogP contribution in [0, 0.1) is 10.1 Å². The van der Waals surface area contributed by atoms with Crippen molar-refractivity contribution in [3.8, 4) is 0 Å². The summed E-state index contributed by atoms with van der Waals surface area (Å²) in [6.45, 7) is 4.34. The van der Waals surface area contributed by atoms with Crippen molar-refractivity contribution in [1.29, 1.82) is 0 Å². The Morgan fingerprint density at radius 1 is 1.09 bits per heavy atom. The molecule has 2 aromatic carbocycles. The van der Waals surface area contributed by atoms with Crippen molar-refractivity contribution in [3.05, 3.63) is 73.8 Å². The molecule has 32 heavy (non-hydrogen) atoms. The zero-order valence-electron chi connectivity index (χ0n) is 18.1. The number of unbranched alkanes of at least 4 members (excludes halogenated alkanes) is 1. The van der Waals surface area contributed by atoms with Crippen molar-refractivity contribution >= 4 is 40.7 Å². The van der Waals surface area contributed by atoms with E-state index in [-0.39, 0.29) is 30.1 Å². The number of benzene rings is 2. The Hall–Kier alpha value is -2.64. The highest BCUT2D eigenvalue weighted by molar-refractivity contribution is 6.36.